The molecule has 1 aromatic carbocycles. The summed E-state index contributed by atoms with van der Waals surface area (Å²) >= 11 is 0. The Kier molecular flexibility index (Phi) is 5.86. The number of aliphatic hydroxyl groups excluding tert-OH is 1. The van der Waals surface area contributed by atoms with Crippen molar-refractivity contribution in [2.75, 3.05) is 20.2 Å². The van der Waals surface area contributed by atoms with Gasteiger partial charge in [-0.2, -0.15) is 0 Å². The summed E-state index contributed by atoms with van der Waals surface area (Å²) in [6, 6.07) is 9.94. The third kappa shape index (κ3) is 5.26. The van der Waals surface area contributed by atoms with Crippen LogP contribution in [-0.4, -0.2) is 51.3 Å². The number of aromatic nitrogens is 3. The van der Waals surface area contributed by atoms with Crippen molar-refractivity contribution in [3.8, 4) is 0 Å². The predicted octanol–water partition coefficient (Wildman–Crippen LogP) is 0.825. The van der Waals surface area contributed by atoms with Gasteiger partial charge in [0.25, 0.3) is 0 Å². The minimum atomic E-state index is -0.514. The van der Waals surface area contributed by atoms with E-state index in [1.54, 1.807) is 10.9 Å². The van der Waals surface area contributed by atoms with E-state index in [2.05, 4.69) is 10.3 Å². The average Bonchev–Trinajstić information content (AvgIpc) is 2.85. The summed E-state index contributed by atoms with van der Waals surface area (Å²) in [5.74, 6) is 0. The molecule has 0 fully saturated rings. The lowest BCUT2D eigenvalue weighted by atomic mass is 10.2. The summed E-state index contributed by atoms with van der Waals surface area (Å²) in [5.41, 5.74) is 2.12. The van der Waals surface area contributed by atoms with Gasteiger partial charge in [-0.25, -0.2) is 0 Å². The first-order valence-electron chi connectivity index (χ1n) is 6.97. The minimum absolute atomic E-state index is 0.322. The Labute approximate surface area is 125 Å². The maximum atomic E-state index is 9.99. The highest BCUT2D eigenvalue weighted by Gasteiger charge is 2.11. The summed E-state index contributed by atoms with van der Waals surface area (Å²) in [5, 5.41) is 17.7. The molecule has 1 unspecified atom stereocenters. The van der Waals surface area contributed by atoms with Crippen molar-refractivity contribution >= 4 is 0 Å². The van der Waals surface area contributed by atoms with Crippen LogP contribution in [0.15, 0.2) is 36.5 Å². The molecule has 1 heterocycles. The third-order valence-electron chi connectivity index (χ3n) is 3.18. The molecule has 1 aromatic heterocycles. The quantitative estimate of drug-likeness (QED) is 0.780. The molecule has 6 nitrogen and oxygen atoms in total. The molecule has 0 radical (unpaired) electrons. The van der Waals surface area contributed by atoms with Crippen molar-refractivity contribution in [1.82, 2.24) is 19.9 Å². The molecule has 0 bridgehead atoms. The van der Waals surface area contributed by atoms with Crippen molar-refractivity contribution < 1.29 is 9.84 Å². The largest absolute Gasteiger partial charge is 0.389 e. The van der Waals surface area contributed by atoms with Crippen LogP contribution in [0.3, 0.4) is 0 Å². The molecule has 0 aliphatic heterocycles. The fourth-order valence-electron chi connectivity index (χ4n) is 2.09. The Bertz CT molecular complexity index is 529. The van der Waals surface area contributed by atoms with E-state index < -0.39 is 6.10 Å². The topological polar surface area (TPSA) is 63.4 Å². The van der Waals surface area contributed by atoms with Crippen molar-refractivity contribution in [2.24, 2.45) is 7.05 Å². The highest BCUT2D eigenvalue weighted by Crippen LogP contribution is 2.03. The molecule has 6 heteroatoms. The Morgan fingerprint density at radius 3 is 2.76 bits per heavy atom. The van der Waals surface area contributed by atoms with Gasteiger partial charge in [-0.3, -0.25) is 9.58 Å². The number of aryl methyl sites for hydroxylation is 1. The van der Waals surface area contributed by atoms with E-state index in [4.69, 9.17) is 4.74 Å². The number of aliphatic hydroxyl groups is 1. The fourth-order valence-corrected chi connectivity index (χ4v) is 2.09. The first-order chi connectivity index (χ1) is 10.1. The van der Waals surface area contributed by atoms with Gasteiger partial charge >= 0.3 is 0 Å². The maximum Gasteiger partial charge on any atom is 0.0900 e. The monoisotopic (exact) mass is 290 g/mol. The molecule has 1 atom stereocenters. The van der Waals surface area contributed by atoms with Gasteiger partial charge in [0.05, 0.1) is 31.2 Å². The SMILES string of the molecule is CN(Cc1cnnn1C)CC(O)COCc1ccccc1. The maximum absolute atomic E-state index is 9.99. The second-order valence-electron chi connectivity index (χ2n) is 5.20. The van der Waals surface area contributed by atoms with Crippen LogP contribution in [-0.2, 0) is 24.9 Å². The highest BCUT2D eigenvalue weighted by molar-refractivity contribution is 5.13. The van der Waals surface area contributed by atoms with Crippen molar-refractivity contribution in [1.29, 1.82) is 0 Å². The molecule has 0 aliphatic carbocycles. The Morgan fingerprint density at radius 1 is 1.33 bits per heavy atom. The van der Waals surface area contributed by atoms with Crippen LogP contribution >= 0.6 is 0 Å². The molecular weight excluding hydrogens is 268 g/mol. The van der Waals surface area contributed by atoms with Crippen LogP contribution in [0.4, 0.5) is 0 Å². The number of ether oxygens (including phenoxy) is 1. The number of hydrogen-bond acceptors (Lipinski definition) is 5. The normalized spacial score (nSPS) is 12.8. The molecule has 0 aliphatic rings. The number of benzene rings is 1. The number of nitrogens with zero attached hydrogens (tertiary/aromatic N) is 4. The molecule has 0 saturated carbocycles. The molecule has 114 valence electrons. The van der Waals surface area contributed by atoms with Crippen LogP contribution in [0.2, 0.25) is 0 Å². The van der Waals surface area contributed by atoms with Gasteiger partial charge in [-0.1, -0.05) is 35.5 Å². The smallest absolute Gasteiger partial charge is 0.0900 e. The molecule has 0 amide bonds. The van der Waals surface area contributed by atoms with E-state index in [9.17, 15) is 5.11 Å². The van der Waals surface area contributed by atoms with Crippen LogP contribution in [0.25, 0.3) is 0 Å². The van der Waals surface area contributed by atoms with Gasteiger partial charge in [0, 0.05) is 20.1 Å². The zero-order chi connectivity index (χ0) is 15.1. The molecule has 1 N–H and O–H groups in total. The number of hydrogen-bond donors (Lipinski definition) is 1. The van der Waals surface area contributed by atoms with Gasteiger partial charge in [-0.15, -0.1) is 5.10 Å². The standard InChI is InChI=1S/C15H22N4O2/c1-18(9-14-8-16-17-19(14)2)10-15(20)12-21-11-13-6-4-3-5-7-13/h3-8,15,20H,9-12H2,1-2H3. The Hall–Kier alpha value is -1.76. The summed E-state index contributed by atoms with van der Waals surface area (Å²) in [7, 11) is 3.81. The molecule has 0 saturated heterocycles. The molecular formula is C15H22N4O2. The van der Waals surface area contributed by atoms with Gasteiger partial charge in [0.2, 0.25) is 0 Å². The molecule has 2 aromatic rings. The van der Waals surface area contributed by atoms with Crippen LogP contribution in [0.1, 0.15) is 11.3 Å². The molecule has 21 heavy (non-hydrogen) atoms. The van der Waals surface area contributed by atoms with Gasteiger partial charge in [-0.05, 0) is 12.6 Å². The highest BCUT2D eigenvalue weighted by atomic mass is 16.5. The molecule has 2 rings (SSSR count). The molecule has 0 spiro atoms. The number of rotatable bonds is 8. The van der Waals surface area contributed by atoms with Crippen LogP contribution in [0, 0.1) is 0 Å². The minimum Gasteiger partial charge on any atom is -0.389 e. The fraction of sp³-hybridized carbons (Fsp3) is 0.467. The predicted molar refractivity (Wildman–Crippen MR) is 79.4 cm³/mol. The third-order valence-corrected chi connectivity index (χ3v) is 3.18. The lowest BCUT2D eigenvalue weighted by Crippen LogP contribution is -2.32. The number of likely N-dealkylation sites (N-methyl/N-ethyl adjacent to an activating group) is 1. The Balaban J connectivity index is 1.67. The van der Waals surface area contributed by atoms with E-state index in [1.165, 1.54) is 0 Å². The van der Waals surface area contributed by atoms with E-state index >= 15 is 0 Å². The van der Waals surface area contributed by atoms with Crippen molar-refractivity contribution in [3.63, 3.8) is 0 Å². The first-order valence-corrected chi connectivity index (χ1v) is 6.97. The zero-order valence-corrected chi connectivity index (χ0v) is 12.5. The average molecular weight is 290 g/mol. The van der Waals surface area contributed by atoms with Gasteiger partial charge < -0.3 is 9.84 Å². The second-order valence-corrected chi connectivity index (χ2v) is 5.20. The van der Waals surface area contributed by atoms with E-state index in [1.807, 2.05) is 49.3 Å². The summed E-state index contributed by atoms with van der Waals surface area (Å²) in [6.07, 6.45) is 1.22. The summed E-state index contributed by atoms with van der Waals surface area (Å²) < 4.78 is 7.27. The van der Waals surface area contributed by atoms with E-state index in [0.717, 1.165) is 11.3 Å². The lowest BCUT2D eigenvalue weighted by molar-refractivity contribution is 0.0124. The summed E-state index contributed by atoms with van der Waals surface area (Å²) in [6.45, 7) is 2.08. The van der Waals surface area contributed by atoms with Crippen molar-refractivity contribution in [2.45, 2.75) is 19.3 Å². The van der Waals surface area contributed by atoms with Crippen LogP contribution in [0.5, 0.6) is 0 Å². The van der Waals surface area contributed by atoms with Gasteiger partial charge in [0.1, 0.15) is 0 Å². The lowest BCUT2D eigenvalue weighted by Gasteiger charge is -2.20. The second kappa shape index (κ2) is 7.87. The van der Waals surface area contributed by atoms with Crippen molar-refractivity contribution in [3.05, 3.63) is 47.8 Å². The zero-order valence-electron chi connectivity index (χ0n) is 12.5. The van der Waals surface area contributed by atoms with E-state index in [0.29, 0.717) is 26.3 Å². The van der Waals surface area contributed by atoms with Gasteiger partial charge in [0.15, 0.2) is 0 Å². The van der Waals surface area contributed by atoms with E-state index in [-0.39, 0.29) is 0 Å². The van der Waals surface area contributed by atoms with Crippen LogP contribution < -0.4 is 0 Å². The summed E-state index contributed by atoms with van der Waals surface area (Å²) in [4.78, 5) is 2.02. The Morgan fingerprint density at radius 2 is 2.10 bits per heavy atom. The first kappa shape index (κ1) is 15.6.